The fraction of sp³-hybridized carbons (Fsp3) is 0.548. The second-order valence-electron chi connectivity index (χ2n) is 10.9. The second kappa shape index (κ2) is 17.2. The summed E-state index contributed by atoms with van der Waals surface area (Å²) in [6.07, 6.45) is -11.3. The van der Waals surface area contributed by atoms with Crippen LogP contribution >= 0.6 is 0 Å². The normalized spacial score (nSPS) is 29.4. The molecule has 0 aromatic heterocycles. The molecule has 2 fully saturated rings. The lowest BCUT2D eigenvalue weighted by Crippen LogP contribution is -2.65. The van der Waals surface area contributed by atoms with Gasteiger partial charge in [-0.05, 0) is 23.8 Å². The Hall–Kier alpha value is -4.62. The summed E-state index contributed by atoms with van der Waals surface area (Å²) in [6, 6.07) is 5.73. The largest absolute Gasteiger partial charge is 0.508 e. The Labute approximate surface area is 279 Å². The van der Waals surface area contributed by atoms with Crippen molar-refractivity contribution in [2.24, 2.45) is 0 Å². The van der Waals surface area contributed by atoms with E-state index in [2.05, 4.69) is 0 Å². The van der Waals surface area contributed by atoms with E-state index in [4.69, 9.17) is 42.6 Å². The molecular formula is C31H38O18. The number of carbonyl (C=O) groups is 6. The summed E-state index contributed by atoms with van der Waals surface area (Å²) in [7, 11) is 0. The van der Waals surface area contributed by atoms with Crippen LogP contribution in [0.1, 0.15) is 40.2 Å². The molecule has 2 saturated heterocycles. The highest BCUT2D eigenvalue weighted by Crippen LogP contribution is 2.40. The highest BCUT2D eigenvalue weighted by molar-refractivity contribution is 5.87. The van der Waals surface area contributed by atoms with Gasteiger partial charge in [0.15, 0.2) is 30.7 Å². The van der Waals surface area contributed by atoms with E-state index in [-0.39, 0.29) is 5.75 Å². The molecule has 9 atom stereocenters. The van der Waals surface area contributed by atoms with Gasteiger partial charge in [0.05, 0.1) is 6.61 Å². The van der Waals surface area contributed by atoms with Crippen molar-refractivity contribution >= 4 is 41.9 Å². The maximum Gasteiger partial charge on any atom is 0.331 e. The molecule has 0 amide bonds. The molecule has 0 spiro atoms. The van der Waals surface area contributed by atoms with Gasteiger partial charge in [-0.2, -0.15) is 0 Å². The van der Waals surface area contributed by atoms with Crippen LogP contribution in [0.3, 0.4) is 0 Å². The summed E-state index contributed by atoms with van der Waals surface area (Å²) < 4.78 is 49.5. The monoisotopic (exact) mass is 698 g/mol. The van der Waals surface area contributed by atoms with E-state index in [1.165, 1.54) is 30.3 Å². The van der Waals surface area contributed by atoms with Crippen molar-refractivity contribution in [2.45, 2.75) is 89.4 Å². The minimum Gasteiger partial charge on any atom is -0.508 e. The van der Waals surface area contributed by atoms with Crippen molar-refractivity contribution in [3.05, 3.63) is 35.9 Å². The maximum atomic E-state index is 13.2. The molecule has 18 nitrogen and oxygen atoms in total. The number of phenolic OH excluding ortho intramolecular Hbond substituents is 1. The SMILES string of the molecule is CC(=O)OC[C@H]1O[C@H](O[C@]2(COC(C)=O)O[C@H](CO)[C@@H](OC(C)=O)[C@@H]2OC(=O)C=Cc2ccc(O)cc2)[C@H](O)[C@@H](OC(C)=O)[C@@H]1OC(C)=O. The lowest BCUT2D eigenvalue weighted by atomic mass is 9.98. The lowest BCUT2D eigenvalue weighted by Gasteiger charge is -2.45. The second-order valence-corrected chi connectivity index (χ2v) is 10.9. The molecule has 18 heteroatoms. The molecule has 0 unspecified atom stereocenters. The number of phenols is 1. The van der Waals surface area contributed by atoms with Crippen LogP contribution in [0.5, 0.6) is 5.75 Å². The van der Waals surface area contributed by atoms with Gasteiger partial charge in [0.1, 0.15) is 37.3 Å². The fourth-order valence-corrected chi connectivity index (χ4v) is 5.01. The van der Waals surface area contributed by atoms with Crippen LogP contribution in [0, 0.1) is 0 Å². The van der Waals surface area contributed by atoms with Crippen LogP contribution in [-0.2, 0) is 71.4 Å². The van der Waals surface area contributed by atoms with Crippen molar-refractivity contribution < 1.29 is 86.7 Å². The Morgan fingerprint density at radius 2 is 1.35 bits per heavy atom. The average Bonchev–Trinajstić information content (AvgIpc) is 3.28. The van der Waals surface area contributed by atoms with Crippen molar-refractivity contribution in [1.29, 1.82) is 0 Å². The Kier molecular flexibility index (Phi) is 13.6. The average molecular weight is 699 g/mol. The van der Waals surface area contributed by atoms with Gasteiger partial charge in [-0.1, -0.05) is 12.1 Å². The molecule has 0 radical (unpaired) electrons. The van der Waals surface area contributed by atoms with Crippen LogP contribution in [-0.4, -0.2) is 126 Å². The summed E-state index contributed by atoms with van der Waals surface area (Å²) in [6.45, 7) is 2.79. The zero-order chi connectivity index (χ0) is 36.5. The number of ether oxygens (including phenoxy) is 9. The first-order valence-electron chi connectivity index (χ1n) is 14.8. The first-order chi connectivity index (χ1) is 23.0. The third-order valence-corrected chi connectivity index (χ3v) is 6.94. The van der Waals surface area contributed by atoms with Crippen LogP contribution in [0.15, 0.2) is 30.3 Å². The molecule has 0 saturated carbocycles. The minimum atomic E-state index is -2.51. The van der Waals surface area contributed by atoms with E-state index in [0.29, 0.717) is 5.56 Å². The zero-order valence-corrected chi connectivity index (χ0v) is 27.2. The number of aliphatic hydroxyl groups excluding tert-OH is 2. The number of hydrogen-bond acceptors (Lipinski definition) is 18. The number of aromatic hydroxyl groups is 1. The molecule has 2 aliphatic rings. The lowest BCUT2D eigenvalue weighted by molar-refractivity contribution is -0.384. The molecular weight excluding hydrogens is 660 g/mol. The number of hydrogen-bond donors (Lipinski definition) is 3. The highest BCUT2D eigenvalue weighted by atomic mass is 16.8. The Bertz CT molecular complexity index is 1390. The van der Waals surface area contributed by atoms with Gasteiger partial charge in [0.2, 0.25) is 5.79 Å². The van der Waals surface area contributed by atoms with Gasteiger partial charge >= 0.3 is 35.8 Å². The number of carbonyl (C=O) groups excluding carboxylic acids is 6. The van der Waals surface area contributed by atoms with Crippen molar-refractivity contribution in [2.75, 3.05) is 19.8 Å². The molecule has 270 valence electrons. The van der Waals surface area contributed by atoms with Gasteiger partial charge < -0.3 is 58.0 Å². The minimum absolute atomic E-state index is 0.0214. The molecule has 3 N–H and O–H groups in total. The molecule has 2 aliphatic heterocycles. The first kappa shape index (κ1) is 38.8. The van der Waals surface area contributed by atoms with E-state index in [9.17, 15) is 44.1 Å². The van der Waals surface area contributed by atoms with Crippen LogP contribution in [0.4, 0.5) is 0 Å². The third kappa shape index (κ3) is 10.7. The van der Waals surface area contributed by atoms with Gasteiger partial charge in [0, 0.05) is 40.7 Å². The maximum absolute atomic E-state index is 13.2. The van der Waals surface area contributed by atoms with E-state index in [1.807, 2.05) is 0 Å². The van der Waals surface area contributed by atoms with Crippen molar-refractivity contribution in [3.8, 4) is 5.75 Å². The predicted octanol–water partition coefficient (Wildman–Crippen LogP) is -0.572. The highest BCUT2D eigenvalue weighted by Gasteiger charge is 2.64. The Balaban J connectivity index is 2.08. The molecule has 0 bridgehead atoms. The fourth-order valence-electron chi connectivity index (χ4n) is 5.01. The summed E-state index contributed by atoms with van der Waals surface area (Å²) >= 11 is 0. The third-order valence-electron chi connectivity index (χ3n) is 6.94. The van der Waals surface area contributed by atoms with Crippen LogP contribution < -0.4 is 0 Å². The van der Waals surface area contributed by atoms with Gasteiger partial charge in [-0.3, -0.25) is 24.0 Å². The van der Waals surface area contributed by atoms with E-state index >= 15 is 0 Å². The topological polar surface area (TPSA) is 246 Å². The van der Waals surface area contributed by atoms with E-state index in [0.717, 1.165) is 40.7 Å². The standard InChI is InChI=1S/C31H38O18/c1-15(33)41-13-23-26(43-17(3)35)28(45-19(5)37)25(40)30(46-23)49-31(14-42-16(2)34)29(27(44-18(4)36)22(12-32)48-31)47-24(39)11-8-20-6-9-21(38)10-7-20/h6-11,22-23,25-30,32,38,40H,12-14H2,1-5H3/t22-,23-,25-,26-,27-,28-,29+,30-,31+/m1/s1. The number of rotatable bonds is 13. The van der Waals surface area contributed by atoms with Crippen LogP contribution in [0.25, 0.3) is 6.08 Å². The smallest absolute Gasteiger partial charge is 0.331 e. The van der Waals surface area contributed by atoms with Crippen LogP contribution in [0.2, 0.25) is 0 Å². The Morgan fingerprint density at radius 1 is 0.776 bits per heavy atom. The molecule has 0 aliphatic carbocycles. The van der Waals surface area contributed by atoms with Crippen molar-refractivity contribution in [1.82, 2.24) is 0 Å². The summed E-state index contributed by atoms with van der Waals surface area (Å²) in [4.78, 5) is 72.9. The van der Waals surface area contributed by atoms with Gasteiger partial charge in [0.25, 0.3) is 0 Å². The molecule has 3 rings (SSSR count). The molecule has 1 aromatic rings. The predicted molar refractivity (Wildman–Crippen MR) is 157 cm³/mol. The van der Waals surface area contributed by atoms with Gasteiger partial charge in [-0.15, -0.1) is 0 Å². The quantitative estimate of drug-likeness (QED) is 0.133. The number of aliphatic hydroxyl groups is 2. The van der Waals surface area contributed by atoms with E-state index in [1.54, 1.807) is 0 Å². The zero-order valence-electron chi connectivity index (χ0n) is 27.2. The Morgan fingerprint density at radius 3 is 1.90 bits per heavy atom. The summed E-state index contributed by atoms with van der Waals surface area (Å²) in [5, 5.41) is 31.1. The number of esters is 6. The first-order valence-corrected chi connectivity index (χ1v) is 14.8. The number of benzene rings is 1. The summed E-state index contributed by atoms with van der Waals surface area (Å²) in [5.74, 6) is -7.96. The summed E-state index contributed by atoms with van der Waals surface area (Å²) in [5.41, 5.74) is 0.473. The molecule has 2 heterocycles. The van der Waals surface area contributed by atoms with Crippen molar-refractivity contribution in [3.63, 3.8) is 0 Å². The van der Waals surface area contributed by atoms with Gasteiger partial charge in [-0.25, -0.2) is 4.79 Å². The molecule has 1 aromatic carbocycles. The molecule has 49 heavy (non-hydrogen) atoms. The van der Waals surface area contributed by atoms with E-state index < -0.39 is 110 Å².